The number of ether oxygens (including phenoxy) is 2. The zero-order valence-electron chi connectivity index (χ0n) is 20.9. The molecule has 208 valence electrons. The lowest BCUT2D eigenvalue weighted by atomic mass is 10.3. The monoisotopic (exact) mass is 593 g/mol. The van der Waals surface area contributed by atoms with Crippen molar-refractivity contribution in [3.8, 4) is 5.75 Å². The zero-order chi connectivity index (χ0) is 27.9. The summed E-state index contributed by atoms with van der Waals surface area (Å²) >= 11 is 5.96. The average molecular weight is 594 g/mol. The van der Waals surface area contributed by atoms with Crippen LogP contribution in [0.25, 0.3) is 0 Å². The molecule has 1 heterocycles. The molecule has 3 aromatic rings. The molecule has 0 unspecified atom stereocenters. The van der Waals surface area contributed by atoms with Gasteiger partial charge in [-0.15, -0.1) is 0 Å². The van der Waals surface area contributed by atoms with Crippen molar-refractivity contribution in [3.05, 3.63) is 83.9 Å². The molecule has 1 N–H and O–H groups in total. The van der Waals surface area contributed by atoms with Crippen molar-refractivity contribution in [1.29, 1.82) is 0 Å². The minimum atomic E-state index is -4.02. The van der Waals surface area contributed by atoms with Crippen LogP contribution >= 0.6 is 11.6 Å². The third-order valence-electron chi connectivity index (χ3n) is 5.86. The van der Waals surface area contributed by atoms with Crippen LogP contribution in [-0.4, -0.2) is 73.0 Å². The summed E-state index contributed by atoms with van der Waals surface area (Å²) in [5.74, 6) is -0.0976. The van der Waals surface area contributed by atoms with E-state index in [0.717, 1.165) is 4.31 Å². The van der Waals surface area contributed by atoms with Gasteiger partial charge in [0.05, 0.1) is 35.2 Å². The van der Waals surface area contributed by atoms with Crippen molar-refractivity contribution in [1.82, 2.24) is 9.62 Å². The van der Waals surface area contributed by atoms with Crippen LogP contribution in [0.5, 0.6) is 5.75 Å². The largest absolute Gasteiger partial charge is 0.492 e. The highest BCUT2D eigenvalue weighted by Gasteiger charge is 2.28. The van der Waals surface area contributed by atoms with Gasteiger partial charge in [-0.2, -0.15) is 4.31 Å². The highest BCUT2D eigenvalue weighted by atomic mass is 35.5. The van der Waals surface area contributed by atoms with Gasteiger partial charge in [-0.05, 0) is 60.7 Å². The van der Waals surface area contributed by atoms with E-state index in [9.17, 15) is 21.6 Å². The van der Waals surface area contributed by atoms with Gasteiger partial charge < -0.3 is 14.8 Å². The molecule has 1 amide bonds. The fourth-order valence-corrected chi connectivity index (χ4v) is 6.81. The SMILES string of the molecule is O=C(CN(c1ccc(Cl)cc1)S(=O)(=O)c1ccccc1)NCCOc1ccc(S(=O)(=O)N2CCOCC2)cc1. The molecule has 4 rings (SSSR count). The Hall–Kier alpha value is -3.16. The molecule has 0 atom stereocenters. The van der Waals surface area contributed by atoms with Gasteiger partial charge >= 0.3 is 0 Å². The van der Waals surface area contributed by atoms with Gasteiger partial charge in [-0.25, -0.2) is 16.8 Å². The van der Waals surface area contributed by atoms with Gasteiger partial charge in [0.25, 0.3) is 10.0 Å². The Kier molecular flexibility index (Phi) is 9.46. The maximum absolute atomic E-state index is 13.3. The number of hydrogen-bond acceptors (Lipinski definition) is 7. The summed E-state index contributed by atoms with van der Waals surface area (Å²) in [6.45, 7) is 1.08. The normalized spacial score (nSPS) is 14.5. The topological polar surface area (TPSA) is 122 Å². The molecular weight excluding hydrogens is 566 g/mol. The predicted molar refractivity (Wildman–Crippen MR) is 147 cm³/mol. The minimum Gasteiger partial charge on any atom is -0.492 e. The number of rotatable bonds is 11. The smallest absolute Gasteiger partial charge is 0.264 e. The van der Waals surface area contributed by atoms with Gasteiger partial charge in [-0.1, -0.05) is 29.8 Å². The maximum Gasteiger partial charge on any atom is 0.264 e. The number of benzene rings is 3. The van der Waals surface area contributed by atoms with E-state index in [-0.39, 0.29) is 22.9 Å². The number of hydrogen-bond donors (Lipinski definition) is 1. The van der Waals surface area contributed by atoms with Crippen LogP contribution in [0.4, 0.5) is 5.69 Å². The standard InChI is InChI=1S/C26H28ClN3O7S2/c27-21-6-8-22(9-7-21)30(39(34,35)24-4-2-1-3-5-24)20-26(31)28-14-17-37-23-10-12-25(13-11-23)38(32,33)29-15-18-36-19-16-29/h1-13H,14-20H2,(H,28,31). The molecule has 1 saturated heterocycles. The summed E-state index contributed by atoms with van der Waals surface area (Å²) in [5.41, 5.74) is 0.293. The molecule has 1 aliphatic rings. The number of amides is 1. The minimum absolute atomic E-state index is 0.0511. The van der Waals surface area contributed by atoms with Crippen molar-refractivity contribution in [3.63, 3.8) is 0 Å². The van der Waals surface area contributed by atoms with Crippen LogP contribution in [-0.2, 0) is 29.6 Å². The van der Waals surface area contributed by atoms with Gasteiger partial charge in [-0.3, -0.25) is 9.10 Å². The Morgan fingerprint density at radius 3 is 2.18 bits per heavy atom. The first-order valence-electron chi connectivity index (χ1n) is 12.1. The fourth-order valence-electron chi connectivity index (χ4n) is 3.83. The van der Waals surface area contributed by atoms with E-state index in [1.807, 2.05) is 0 Å². The predicted octanol–water partition coefficient (Wildman–Crippen LogP) is 2.75. The van der Waals surface area contributed by atoms with Gasteiger partial charge in [0.15, 0.2) is 0 Å². The van der Waals surface area contributed by atoms with E-state index < -0.39 is 32.5 Å². The molecule has 1 fully saturated rings. The van der Waals surface area contributed by atoms with Crippen LogP contribution < -0.4 is 14.4 Å². The molecule has 3 aromatic carbocycles. The van der Waals surface area contributed by atoms with Crippen molar-refractivity contribution >= 4 is 43.2 Å². The molecule has 0 bridgehead atoms. The van der Waals surface area contributed by atoms with E-state index in [1.165, 1.54) is 40.7 Å². The summed E-state index contributed by atoms with van der Waals surface area (Å²) < 4.78 is 65.3. The molecule has 0 aromatic heterocycles. The van der Waals surface area contributed by atoms with Gasteiger partial charge in [0.1, 0.15) is 18.9 Å². The molecule has 0 saturated carbocycles. The van der Waals surface area contributed by atoms with E-state index in [0.29, 0.717) is 42.8 Å². The first kappa shape index (κ1) is 28.8. The number of morpholine rings is 1. The molecule has 0 spiro atoms. The lowest BCUT2D eigenvalue weighted by molar-refractivity contribution is -0.119. The molecular formula is C26H28ClN3O7S2. The average Bonchev–Trinajstić information content (AvgIpc) is 2.96. The first-order chi connectivity index (χ1) is 18.7. The molecule has 39 heavy (non-hydrogen) atoms. The second kappa shape index (κ2) is 12.8. The zero-order valence-corrected chi connectivity index (χ0v) is 23.3. The van der Waals surface area contributed by atoms with Gasteiger partial charge in [0, 0.05) is 18.1 Å². The van der Waals surface area contributed by atoms with Crippen molar-refractivity contribution in [2.45, 2.75) is 9.79 Å². The van der Waals surface area contributed by atoms with Crippen molar-refractivity contribution in [2.75, 3.05) is 50.3 Å². The Bertz CT molecular complexity index is 1460. The quantitative estimate of drug-likeness (QED) is 0.339. The van der Waals surface area contributed by atoms with Gasteiger partial charge in [0.2, 0.25) is 15.9 Å². The number of nitrogens with zero attached hydrogens (tertiary/aromatic N) is 2. The number of halogens is 1. The van der Waals surface area contributed by atoms with Crippen LogP contribution in [0.15, 0.2) is 88.7 Å². The number of nitrogens with one attached hydrogen (secondary N) is 1. The number of carbonyl (C=O) groups excluding carboxylic acids is 1. The third-order valence-corrected chi connectivity index (χ3v) is 9.81. The van der Waals surface area contributed by atoms with E-state index >= 15 is 0 Å². The van der Waals surface area contributed by atoms with E-state index in [2.05, 4.69) is 5.32 Å². The lowest BCUT2D eigenvalue weighted by Crippen LogP contribution is -2.41. The summed E-state index contributed by atoms with van der Waals surface area (Å²) in [5, 5.41) is 3.09. The second-order valence-corrected chi connectivity index (χ2v) is 12.7. The fraction of sp³-hybridized carbons (Fsp3) is 0.269. The van der Waals surface area contributed by atoms with Crippen molar-refractivity contribution < 1.29 is 31.1 Å². The highest BCUT2D eigenvalue weighted by Crippen LogP contribution is 2.25. The molecule has 0 radical (unpaired) electrons. The highest BCUT2D eigenvalue weighted by molar-refractivity contribution is 7.92. The number of anilines is 1. The van der Waals surface area contributed by atoms with Crippen LogP contribution in [0.1, 0.15) is 0 Å². The van der Waals surface area contributed by atoms with Crippen LogP contribution in [0.2, 0.25) is 5.02 Å². The Morgan fingerprint density at radius 2 is 1.54 bits per heavy atom. The van der Waals surface area contributed by atoms with Crippen LogP contribution in [0.3, 0.4) is 0 Å². The summed E-state index contributed by atoms with van der Waals surface area (Å²) in [6.07, 6.45) is 0. The Balaban J connectivity index is 1.33. The molecule has 10 nitrogen and oxygen atoms in total. The first-order valence-corrected chi connectivity index (χ1v) is 15.3. The summed E-state index contributed by atoms with van der Waals surface area (Å²) in [7, 11) is -7.63. The maximum atomic E-state index is 13.3. The summed E-state index contributed by atoms with van der Waals surface area (Å²) in [4.78, 5) is 12.9. The van der Waals surface area contributed by atoms with E-state index in [4.69, 9.17) is 21.1 Å². The molecule has 0 aliphatic carbocycles. The third kappa shape index (κ3) is 7.28. The van der Waals surface area contributed by atoms with E-state index in [1.54, 1.807) is 42.5 Å². The van der Waals surface area contributed by atoms with Crippen molar-refractivity contribution in [2.24, 2.45) is 0 Å². The second-order valence-electron chi connectivity index (χ2n) is 8.49. The lowest BCUT2D eigenvalue weighted by Gasteiger charge is -2.26. The molecule has 1 aliphatic heterocycles. The number of carbonyl (C=O) groups is 1. The molecule has 13 heteroatoms. The Morgan fingerprint density at radius 1 is 0.897 bits per heavy atom. The number of sulfonamides is 2. The summed E-state index contributed by atoms with van der Waals surface area (Å²) in [6, 6.07) is 20.0. The Labute approximate surface area is 233 Å². The van der Waals surface area contributed by atoms with Crippen LogP contribution in [0, 0.1) is 0 Å².